The maximum Gasteiger partial charge on any atom is 0.323 e. The number of aryl methyl sites for hydroxylation is 2. The Morgan fingerprint density at radius 2 is 2.35 bits per heavy atom. The largest absolute Gasteiger partial charge is 0.394 e. The summed E-state index contributed by atoms with van der Waals surface area (Å²) in [5.74, 6) is 1.03. The Labute approximate surface area is 119 Å². The van der Waals surface area contributed by atoms with Crippen molar-refractivity contribution in [3.05, 3.63) is 11.8 Å². The summed E-state index contributed by atoms with van der Waals surface area (Å²) < 4.78 is 1.68. The normalized spacial score (nSPS) is 22.9. The third-order valence-electron chi connectivity index (χ3n) is 4.09. The van der Waals surface area contributed by atoms with Crippen molar-refractivity contribution in [2.45, 2.75) is 39.2 Å². The summed E-state index contributed by atoms with van der Waals surface area (Å²) in [6, 6.07) is 1.64. The topological polar surface area (TPSA) is 70.4 Å². The van der Waals surface area contributed by atoms with Crippen molar-refractivity contribution in [2.75, 3.05) is 18.5 Å². The van der Waals surface area contributed by atoms with Gasteiger partial charge in [-0.1, -0.05) is 13.8 Å². The van der Waals surface area contributed by atoms with Gasteiger partial charge in [0, 0.05) is 19.7 Å². The number of rotatable bonds is 3. The fourth-order valence-corrected chi connectivity index (χ4v) is 2.78. The zero-order valence-corrected chi connectivity index (χ0v) is 12.5. The molecule has 2 atom stereocenters. The Kier molecular flexibility index (Phi) is 4.65. The van der Waals surface area contributed by atoms with Crippen molar-refractivity contribution in [2.24, 2.45) is 13.0 Å². The highest BCUT2D eigenvalue weighted by molar-refractivity contribution is 5.88. The number of urea groups is 1. The van der Waals surface area contributed by atoms with Crippen LogP contribution in [-0.4, -0.2) is 45.0 Å². The summed E-state index contributed by atoms with van der Waals surface area (Å²) in [6.45, 7) is 4.82. The first-order valence-corrected chi connectivity index (χ1v) is 7.28. The molecule has 0 radical (unpaired) electrons. The van der Waals surface area contributed by atoms with Gasteiger partial charge in [0.25, 0.3) is 0 Å². The predicted octanol–water partition coefficient (Wildman–Crippen LogP) is 1.61. The van der Waals surface area contributed by atoms with Crippen molar-refractivity contribution in [1.82, 2.24) is 14.7 Å². The molecule has 0 saturated carbocycles. The Morgan fingerprint density at radius 1 is 1.60 bits per heavy atom. The standard InChI is InChI=1S/C14H24N4O2/c1-4-11-8-13(17(3)16-11)15-14(20)18-7-5-6-10(2)12(18)9-19/h8,10,12,19H,4-7,9H2,1-3H3,(H,15,20). The van der Waals surface area contributed by atoms with Gasteiger partial charge in [-0.2, -0.15) is 5.10 Å². The first kappa shape index (κ1) is 14.8. The van der Waals surface area contributed by atoms with Crippen LogP contribution in [-0.2, 0) is 13.5 Å². The highest BCUT2D eigenvalue weighted by Gasteiger charge is 2.31. The molecule has 2 rings (SSSR count). The molecule has 1 aromatic heterocycles. The van der Waals surface area contributed by atoms with Crippen LogP contribution in [0, 0.1) is 5.92 Å². The lowest BCUT2D eigenvalue weighted by atomic mass is 9.91. The summed E-state index contributed by atoms with van der Waals surface area (Å²) in [5, 5.41) is 16.7. The number of nitrogens with one attached hydrogen (secondary N) is 1. The van der Waals surface area contributed by atoms with Gasteiger partial charge in [0.05, 0.1) is 18.3 Å². The minimum absolute atomic E-state index is 0.0141. The van der Waals surface area contributed by atoms with Crippen LogP contribution in [0.25, 0.3) is 0 Å². The molecule has 1 fully saturated rings. The van der Waals surface area contributed by atoms with Gasteiger partial charge in [0.2, 0.25) is 0 Å². The van der Waals surface area contributed by atoms with Crippen molar-refractivity contribution in [1.29, 1.82) is 0 Å². The van der Waals surface area contributed by atoms with Crippen LogP contribution in [0.1, 0.15) is 32.4 Å². The van der Waals surface area contributed by atoms with Gasteiger partial charge < -0.3 is 10.0 Å². The monoisotopic (exact) mass is 280 g/mol. The molecule has 0 spiro atoms. The molecular weight excluding hydrogens is 256 g/mol. The zero-order valence-electron chi connectivity index (χ0n) is 12.5. The van der Waals surface area contributed by atoms with E-state index in [1.165, 1.54) is 0 Å². The molecule has 2 N–H and O–H groups in total. The van der Waals surface area contributed by atoms with Gasteiger partial charge in [-0.15, -0.1) is 0 Å². The second-order valence-corrected chi connectivity index (χ2v) is 5.49. The summed E-state index contributed by atoms with van der Waals surface area (Å²) >= 11 is 0. The van der Waals surface area contributed by atoms with Gasteiger partial charge in [-0.25, -0.2) is 4.79 Å². The molecule has 0 bridgehead atoms. The molecule has 1 aliphatic heterocycles. The third kappa shape index (κ3) is 2.95. The van der Waals surface area contributed by atoms with Crippen molar-refractivity contribution in [3.8, 4) is 0 Å². The van der Waals surface area contributed by atoms with Crippen LogP contribution < -0.4 is 5.32 Å². The smallest absolute Gasteiger partial charge is 0.323 e. The number of carbonyl (C=O) groups is 1. The number of nitrogens with zero attached hydrogens (tertiary/aromatic N) is 3. The van der Waals surface area contributed by atoms with E-state index in [-0.39, 0.29) is 18.7 Å². The number of aliphatic hydroxyl groups is 1. The van der Waals surface area contributed by atoms with Gasteiger partial charge >= 0.3 is 6.03 Å². The molecule has 1 aliphatic rings. The van der Waals surface area contributed by atoms with Crippen LogP contribution >= 0.6 is 0 Å². The molecule has 2 heterocycles. The molecule has 6 heteroatoms. The number of aliphatic hydroxyl groups excluding tert-OH is 1. The van der Waals surface area contributed by atoms with Gasteiger partial charge in [-0.05, 0) is 25.2 Å². The Morgan fingerprint density at radius 3 is 2.95 bits per heavy atom. The molecule has 0 aromatic carbocycles. The second kappa shape index (κ2) is 6.26. The molecule has 1 aromatic rings. The summed E-state index contributed by atoms with van der Waals surface area (Å²) in [7, 11) is 1.82. The van der Waals surface area contributed by atoms with E-state index >= 15 is 0 Å². The summed E-state index contributed by atoms with van der Waals surface area (Å²) in [5.41, 5.74) is 0.952. The fourth-order valence-electron chi connectivity index (χ4n) is 2.78. The maximum absolute atomic E-state index is 12.4. The van der Waals surface area contributed by atoms with Crippen LogP contribution in [0.3, 0.4) is 0 Å². The zero-order chi connectivity index (χ0) is 14.7. The van der Waals surface area contributed by atoms with E-state index in [4.69, 9.17) is 0 Å². The van der Waals surface area contributed by atoms with E-state index in [1.807, 2.05) is 20.0 Å². The average molecular weight is 280 g/mol. The number of likely N-dealkylation sites (tertiary alicyclic amines) is 1. The van der Waals surface area contributed by atoms with Crippen LogP contribution in [0.4, 0.5) is 10.6 Å². The fraction of sp³-hybridized carbons (Fsp3) is 0.714. The minimum atomic E-state index is -0.152. The molecule has 2 unspecified atom stereocenters. The predicted molar refractivity (Wildman–Crippen MR) is 77.6 cm³/mol. The Hall–Kier alpha value is -1.56. The number of hydrogen-bond acceptors (Lipinski definition) is 3. The first-order valence-electron chi connectivity index (χ1n) is 7.28. The third-order valence-corrected chi connectivity index (χ3v) is 4.09. The Balaban J connectivity index is 2.08. The number of amides is 2. The minimum Gasteiger partial charge on any atom is -0.394 e. The number of aromatic nitrogens is 2. The lowest BCUT2D eigenvalue weighted by molar-refractivity contribution is 0.0810. The molecule has 112 valence electrons. The molecule has 1 saturated heterocycles. The van der Waals surface area contributed by atoms with E-state index in [1.54, 1.807) is 9.58 Å². The van der Waals surface area contributed by atoms with E-state index in [9.17, 15) is 9.90 Å². The highest BCUT2D eigenvalue weighted by atomic mass is 16.3. The average Bonchev–Trinajstić information content (AvgIpc) is 2.79. The van der Waals surface area contributed by atoms with E-state index in [2.05, 4.69) is 17.3 Å². The number of anilines is 1. The van der Waals surface area contributed by atoms with E-state index in [0.717, 1.165) is 25.0 Å². The summed E-state index contributed by atoms with van der Waals surface area (Å²) in [4.78, 5) is 14.1. The number of carbonyl (C=O) groups excluding carboxylic acids is 1. The Bertz CT molecular complexity index is 472. The van der Waals surface area contributed by atoms with Crippen LogP contribution in [0.15, 0.2) is 6.07 Å². The van der Waals surface area contributed by atoms with Crippen LogP contribution in [0.5, 0.6) is 0 Å². The van der Waals surface area contributed by atoms with Gasteiger partial charge in [0.1, 0.15) is 5.82 Å². The van der Waals surface area contributed by atoms with Crippen molar-refractivity contribution >= 4 is 11.8 Å². The molecule has 6 nitrogen and oxygen atoms in total. The number of hydrogen-bond donors (Lipinski definition) is 2. The second-order valence-electron chi connectivity index (χ2n) is 5.49. The quantitative estimate of drug-likeness (QED) is 0.883. The lowest BCUT2D eigenvalue weighted by Gasteiger charge is -2.38. The maximum atomic E-state index is 12.4. The molecular formula is C14H24N4O2. The summed E-state index contributed by atoms with van der Waals surface area (Å²) in [6.07, 6.45) is 2.88. The highest BCUT2D eigenvalue weighted by Crippen LogP contribution is 2.23. The van der Waals surface area contributed by atoms with E-state index < -0.39 is 0 Å². The number of piperidine rings is 1. The van der Waals surface area contributed by atoms with E-state index in [0.29, 0.717) is 18.3 Å². The molecule has 0 aliphatic carbocycles. The lowest BCUT2D eigenvalue weighted by Crippen LogP contribution is -2.51. The first-order chi connectivity index (χ1) is 9.56. The van der Waals surface area contributed by atoms with Gasteiger partial charge in [0.15, 0.2) is 0 Å². The SMILES string of the molecule is CCc1cc(NC(=O)N2CCCC(C)C2CO)n(C)n1. The van der Waals surface area contributed by atoms with Crippen molar-refractivity contribution < 1.29 is 9.90 Å². The van der Waals surface area contributed by atoms with Crippen molar-refractivity contribution in [3.63, 3.8) is 0 Å². The van der Waals surface area contributed by atoms with Crippen LogP contribution in [0.2, 0.25) is 0 Å². The van der Waals surface area contributed by atoms with Gasteiger partial charge in [-0.3, -0.25) is 10.00 Å². The molecule has 2 amide bonds. The molecule has 20 heavy (non-hydrogen) atoms.